The summed E-state index contributed by atoms with van der Waals surface area (Å²) < 4.78 is 16.1. The first-order valence-electron chi connectivity index (χ1n) is 9.92. The third kappa shape index (κ3) is 8.45. The molecular formula is C21H35IN4O4. The Bertz CT molecular complexity index is 717. The molecule has 0 saturated heterocycles. The number of carbonyl (C=O) groups is 1. The van der Waals surface area contributed by atoms with E-state index in [2.05, 4.69) is 15.6 Å². The van der Waals surface area contributed by atoms with E-state index in [0.29, 0.717) is 37.1 Å². The number of rotatable bonds is 8. The quantitative estimate of drug-likeness (QED) is 0.302. The van der Waals surface area contributed by atoms with Crippen LogP contribution >= 0.6 is 24.0 Å². The van der Waals surface area contributed by atoms with Gasteiger partial charge in [0.1, 0.15) is 5.60 Å². The molecule has 1 amide bonds. The van der Waals surface area contributed by atoms with Crippen molar-refractivity contribution < 1.29 is 19.0 Å². The summed E-state index contributed by atoms with van der Waals surface area (Å²) in [6, 6.07) is 6.06. The van der Waals surface area contributed by atoms with Crippen LogP contribution in [-0.2, 0) is 11.3 Å². The molecule has 1 aliphatic rings. The van der Waals surface area contributed by atoms with Gasteiger partial charge in [0.2, 0.25) is 0 Å². The first kappa shape index (κ1) is 26.1. The van der Waals surface area contributed by atoms with Crippen LogP contribution in [0.15, 0.2) is 23.2 Å². The summed E-state index contributed by atoms with van der Waals surface area (Å²) in [7, 11) is 4.95. The van der Waals surface area contributed by atoms with Gasteiger partial charge in [-0.1, -0.05) is 6.07 Å². The van der Waals surface area contributed by atoms with Crippen molar-refractivity contribution in [2.75, 3.05) is 34.4 Å². The highest BCUT2D eigenvalue weighted by Crippen LogP contribution is 2.28. The van der Waals surface area contributed by atoms with Crippen molar-refractivity contribution in [3.05, 3.63) is 23.8 Å². The molecule has 1 fully saturated rings. The molecule has 0 atom stereocenters. The Kier molecular flexibility index (Phi) is 10.5. The fraction of sp³-hybridized carbons (Fsp3) is 0.619. The minimum Gasteiger partial charge on any atom is -0.493 e. The molecule has 0 radical (unpaired) electrons. The molecule has 8 nitrogen and oxygen atoms in total. The maximum absolute atomic E-state index is 12.4. The number of halogens is 1. The number of benzene rings is 1. The topological polar surface area (TPSA) is 84.4 Å². The number of amides is 1. The first-order chi connectivity index (χ1) is 13.8. The van der Waals surface area contributed by atoms with E-state index < -0.39 is 5.60 Å². The predicted octanol–water partition coefficient (Wildman–Crippen LogP) is 3.39. The van der Waals surface area contributed by atoms with Crippen LogP contribution in [0, 0.1) is 0 Å². The molecule has 1 aliphatic carbocycles. The first-order valence-corrected chi connectivity index (χ1v) is 9.92. The zero-order valence-corrected chi connectivity index (χ0v) is 21.1. The molecule has 1 saturated carbocycles. The van der Waals surface area contributed by atoms with Gasteiger partial charge in [-0.25, -0.2) is 4.79 Å². The van der Waals surface area contributed by atoms with Gasteiger partial charge in [-0.05, 0) is 51.3 Å². The second-order valence-electron chi connectivity index (χ2n) is 7.95. The van der Waals surface area contributed by atoms with Crippen molar-refractivity contribution in [3.8, 4) is 11.5 Å². The van der Waals surface area contributed by atoms with E-state index in [4.69, 9.17) is 14.2 Å². The number of hydrogen-bond acceptors (Lipinski definition) is 5. The minimum atomic E-state index is -0.491. The molecule has 2 N–H and O–H groups in total. The van der Waals surface area contributed by atoms with Crippen LogP contribution in [0.3, 0.4) is 0 Å². The summed E-state index contributed by atoms with van der Waals surface area (Å²) in [6.45, 7) is 7.38. The molecular weight excluding hydrogens is 499 g/mol. The average Bonchev–Trinajstić information content (AvgIpc) is 3.50. The van der Waals surface area contributed by atoms with E-state index in [1.54, 1.807) is 26.2 Å². The Morgan fingerprint density at radius 1 is 1.17 bits per heavy atom. The van der Waals surface area contributed by atoms with Crippen molar-refractivity contribution in [1.29, 1.82) is 0 Å². The smallest absolute Gasteiger partial charge is 0.410 e. The van der Waals surface area contributed by atoms with Crippen LogP contribution in [0.4, 0.5) is 4.79 Å². The van der Waals surface area contributed by atoms with Gasteiger partial charge in [0.25, 0.3) is 0 Å². The number of aliphatic imine (C=N–C) groups is 1. The van der Waals surface area contributed by atoms with Gasteiger partial charge in [0.15, 0.2) is 17.5 Å². The third-order valence-corrected chi connectivity index (χ3v) is 4.39. The number of carbonyl (C=O) groups excluding carboxylic acids is 1. The summed E-state index contributed by atoms with van der Waals surface area (Å²) in [5.41, 5.74) is 0.549. The molecule has 0 spiro atoms. The number of guanidine groups is 1. The largest absolute Gasteiger partial charge is 0.493 e. The Hall–Kier alpha value is -1.91. The van der Waals surface area contributed by atoms with E-state index in [0.717, 1.165) is 18.4 Å². The van der Waals surface area contributed by atoms with E-state index in [1.165, 1.54) is 0 Å². The fourth-order valence-corrected chi connectivity index (χ4v) is 2.82. The SMILES string of the molecule is CN=C(NCCN(C(=O)OC(C)(C)C)C1CC1)NCc1ccc(OC)c(OC)c1.I. The van der Waals surface area contributed by atoms with E-state index in [1.807, 2.05) is 39.0 Å². The highest BCUT2D eigenvalue weighted by atomic mass is 127. The zero-order chi connectivity index (χ0) is 21.4. The van der Waals surface area contributed by atoms with Crippen molar-refractivity contribution >= 4 is 36.0 Å². The van der Waals surface area contributed by atoms with E-state index >= 15 is 0 Å². The van der Waals surface area contributed by atoms with Crippen molar-refractivity contribution in [2.45, 2.75) is 51.8 Å². The third-order valence-electron chi connectivity index (χ3n) is 4.39. The average molecular weight is 534 g/mol. The van der Waals surface area contributed by atoms with Crippen LogP contribution in [0.2, 0.25) is 0 Å². The molecule has 1 aromatic rings. The molecule has 0 aliphatic heterocycles. The van der Waals surface area contributed by atoms with Gasteiger partial charge >= 0.3 is 6.09 Å². The van der Waals surface area contributed by atoms with Crippen molar-refractivity contribution in [1.82, 2.24) is 15.5 Å². The van der Waals surface area contributed by atoms with Crippen LogP contribution in [0.5, 0.6) is 11.5 Å². The molecule has 0 aromatic heterocycles. The molecule has 0 heterocycles. The normalized spacial score (nSPS) is 13.7. The van der Waals surface area contributed by atoms with Gasteiger partial charge in [0, 0.05) is 32.7 Å². The van der Waals surface area contributed by atoms with E-state index in [9.17, 15) is 4.79 Å². The molecule has 1 aromatic carbocycles. The lowest BCUT2D eigenvalue weighted by molar-refractivity contribution is 0.0238. The Morgan fingerprint density at radius 3 is 2.37 bits per heavy atom. The highest BCUT2D eigenvalue weighted by Gasteiger charge is 2.34. The lowest BCUT2D eigenvalue weighted by Crippen LogP contribution is -2.45. The Labute approximate surface area is 196 Å². The van der Waals surface area contributed by atoms with Crippen LogP contribution in [0.1, 0.15) is 39.2 Å². The Balaban J connectivity index is 0.00000450. The van der Waals surface area contributed by atoms with Gasteiger partial charge in [-0.2, -0.15) is 0 Å². The van der Waals surface area contributed by atoms with Crippen LogP contribution < -0.4 is 20.1 Å². The number of nitrogens with zero attached hydrogens (tertiary/aromatic N) is 2. The second-order valence-corrected chi connectivity index (χ2v) is 7.95. The maximum Gasteiger partial charge on any atom is 0.410 e. The summed E-state index contributed by atoms with van der Waals surface area (Å²) in [6.07, 6.45) is 1.81. The molecule has 30 heavy (non-hydrogen) atoms. The Morgan fingerprint density at radius 2 is 1.83 bits per heavy atom. The zero-order valence-electron chi connectivity index (χ0n) is 18.8. The van der Waals surface area contributed by atoms with Gasteiger partial charge in [0.05, 0.1) is 14.2 Å². The molecule has 0 bridgehead atoms. The number of hydrogen-bond donors (Lipinski definition) is 2. The van der Waals surface area contributed by atoms with Crippen LogP contribution in [0.25, 0.3) is 0 Å². The minimum absolute atomic E-state index is 0. The number of methoxy groups -OCH3 is 2. The summed E-state index contributed by atoms with van der Waals surface area (Å²) >= 11 is 0. The maximum atomic E-state index is 12.4. The van der Waals surface area contributed by atoms with Gasteiger partial charge in [-0.15, -0.1) is 24.0 Å². The summed E-state index contributed by atoms with van der Waals surface area (Å²) in [5, 5.41) is 6.52. The fourth-order valence-electron chi connectivity index (χ4n) is 2.82. The summed E-state index contributed by atoms with van der Waals surface area (Å²) in [5.74, 6) is 2.05. The lowest BCUT2D eigenvalue weighted by Gasteiger charge is -2.27. The molecule has 2 rings (SSSR count). The summed E-state index contributed by atoms with van der Waals surface area (Å²) in [4.78, 5) is 18.5. The van der Waals surface area contributed by atoms with Crippen molar-refractivity contribution in [2.24, 2.45) is 4.99 Å². The number of nitrogens with one attached hydrogen (secondary N) is 2. The van der Waals surface area contributed by atoms with Gasteiger partial charge in [-0.3, -0.25) is 4.99 Å². The molecule has 9 heteroatoms. The predicted molar refractivity (Wildman–Crippen MR) is 129 cm³/mol. The number of ether oxygens (including phenoxy) is 3. The van der Waals surface area contributed by atoms with Gasteiger partial charge < -0.3 is 29.7 Å². The standard InChI is InChI=1S/C21H34N4O4.HI/c1-21(2,3)29-20(26)25(16-8-9-16)12-11-23-19(22-4)24-14-15-7-10-17(27-5)18(13-15)28-6;/h7,10,13,16H,8-9,11-12,14H2,1-6H3,(H2,22,23,24);1H. The highest BCUT2D eigenvalue weighted by molar-refractivity contribution is 14.0. The molecule has 170 valence electrons. The monoisotopic (exact) mass is 534 g/mol. The second kappa shape index (κ2) is 12.1. The lowest BCUT2D eigenvalue weighted by atomic mass is 10.2. The van der Waals surface area contributed by atoms with Crippen LogP contribution in [-0.4, -0.2) is 63.0 Å². The van der Waals surface area contributed by atoms with E-state index in [-0.39, 0.29) is 36.1 Å². The molecule has 0 unspecified atom stereocenters. The van der Waals surface area contributed by atoms with Crippen molar-refractivity contribution in [3.63, 3.8) is 0 Å².